The fraction of sp³-hybridized carbons (Fsp3) is 0.792. The lowest BCUT2D eigenvalue weighted by molar-refractivity contribution is -0.143. The van der Waals surface area contributed by atoms with Gasteiger partial charge in [-0.15, -0.1) is 0 Å². The summed E-state index contributed by atoms with van der Waals surface area (Å²) in [5.41, 5.74) is 0.884. The predicted octanol–water partition coefficient (Wildman–Crippen LogP) is 5.62. The van der Waals surface area contributed by atoms with Gasteiger partial charge in [0.2, 0.25) is 0 Å². The SMILES string of the molecule is C/C(=C\CC[C@@](C)(/C=C/CCO[Si](C)(C)C(C)(C)C)[C@H]1CCOC1=O)C1OCCO1. The molecule has 0 aromatic carbocycles. The Kier molecular flexibility index (Phi) is 8.92. The molecule has 0 aromatic rings. The number of cyclic esters (lactones) is 1. The van der Waals surface area contributed by atoms with E-state index in [0.29, 0.717) is 19.8 Å². The Morgan fingerprint density at radius 3 is 2.37 bits per heavy atom. The lowest BCUT2D eigenvalue weighted by Crippen LogP contribution is -2.40. The van der Waals surface area contributed by atoms with Gasteiger partial charge in [-0.1, -0.05) is 45.9 Å². The van der Waals surface area contributed by atoms with Gasteiger partial charge in [-0.2, -0.15) is 0 Å². The van der Waals surface area contributed by atoms with Crippen LogP contribution in [-0.2, 0) is 23.4 Å². The van der Waals surface area contributed by atoms with Crippen molar-refractivity contribution in [1.82, 2.24) is 0 Å². The average Bonchev–Trinajstić information content (AvgIpc) is 3.32. The lowest BCUT2D eigenvalue weighted by Gasteiger charge is -2.36. The first kappa shape index (κ1) is 25.3. The molecule has 2 aliphatic rings. The van der Waals surface area contributed by atoms with Gasteiger partial charge in [0.05, 0.1) is 25.7 Å². The molecule has 2 atom stereocenters. The zero-order chi connectivity index (χ0) is 22.4. The molecule has 0 saturated carbocycles. The summed E-state index contributed by atoms with van der Waals surface area (Å²) in [5, 5.41) is 0.218. The first-order valence-electron chi connectivity index (χ1n) is 11.3. The number of hydrogen-bond donors (Lipinski definition) is 0. The van der Waals surface area contributed by atoms with Crippen LogP contribution >= 0.6 is 0 Å². The third kappa shape index (κ3) is 6.77. The highest BCUT2D eigenvalue weighted by molar-refractivity contribution is 6.74. The predicted molar refractivity (Wildman–Crippen MR) is 123 cm³/mol. The molecule has 2 rings (SSSR count). The molecule has 30 heavy (non-hydrogen) atoms. The van der Waals surface area contributed by atoms with E-state index in [0.717, 1.165) is 37.9 Å². The smallest absolute Gasteiger partial charge is 0.309 e. The molecule has 0 unspecified atom stereocenters. The second-order valence-corrected chi connectivity index (χ2v) is 15.2. The summed E-state index contributed by atoms with van der Waals surface area (Å²) < 4.78 is 22.7. The molecule has 2 aliphatic heterocycles. The van der Waals surface area contributed by atoms with Gasteiger partial charge in [-0.3, -0.25) is 4.79 Å². The van der Waals surface area contributed by atoms with Gasteiger partial charge in [0.1, 0.15) is 0 Å². The van der Waals surface area contributed by atoms with E-state index in [1.165, 1.54) is 0 Å². The molecule has 6 heteroatoms. The molecule has 0 bridgehead atoms. The zero-order valence-corrected chi connectivity index (χ0v) is 21.1. The minimum absolute atomic E-state index is 0.0668. The van der Waals surface area contributed by atoms with Crippen molar-refractivity contribution in [2.24, 2.45) is 11.3 Å². The van der Waals surface area contributed by atoms with E-state index in [9.17, 15) is 4.79 Å². The third-order valence-corrected chi connectivity index (χ3v) is 11.5. The van der Waals surface area contributed by atoms with Crippen molar-refractivity contribution in [3.63, 3.8) is 0 Å². The highest BCUT2D eigenvalue weighted by Gasteiger charge is 2.41. The highest BCUT2D eigenvalue weighted by Crippen LogP contribution is 2.40. The summed E-state index contributed by atoms with van der Waals surface area (Å²) in [6.45, 7) is 18.1. The van der Waals surface area contributed by atoms with Gasteiger partial charge < -0.3 is 18.6 Å². The quantitative estimate of drug-likeness (QED) is 0.192. The van der Waals surface area contributed by atoms with Crippen molar-refractivity contribution in [1.29, 1.82) is 0 Å². The largest absolute Gasteiger partial charge is 0.465 e. The summed E-state index contributed by atoms with van der Waals surface area (Å²) in [5.74, 6) is -0.148. The van der Waals surface area contributed by atoms with Crippen LogP contribution < -0.4 is 0 Å². The van der Waals surface area contributed by atoms with Gasteiger partial charge in [0.15, 0.2) is 14.6 Å². The fourth-order valence-corrected chi connectivity index (χ4v) is 4.81. The van der Waals surface area contributed by atoms with Crippen LogP contribution in [0, 0.1) is 11.3 Å². The minimum atomic E-state index is -1.72. The van der Waals surface area contributed by atoms with Crippen molar-refractivity contribution >= 4 is 14.3 Å². The molecule has 2 heterocycles. The Bertz CT molecular complexity index is 628. The normalized spacial score (nSPS) is 23.9. The Morgan fingerprint density at radius 1 is 1.13 bits per heavy atom. The molecule has 0 aliphatic carbocycles. The number of allylic oxidation sites excluding steroid dienone is 2. The maximum Gasteiger partial charge on any atom is 0.309 e. The van der Waals surface area contributed by atoms with Gasteiger partial charge in [0, 0.05) is 6.61 Å². The van der Waals surface area contributed by atoms with E-state index in [2.05, 4.69) is 59.0 Å². The summed E-state index contributed by atoms with van der Waals surface area (Å²) >= 11 is 0. The Balaban J connectivity index is 1.95. The molecule has 0 N–H and O–H groups in total. The summed E-state index contributed by atoms with van der Waals surface area (Å²) in [6.07, 6.45) is 9.80. The third-order valence-electron chi connectivity index (χ3n) is 6.93. The van der Waals surface area contributed by atoms with Gasteiger partial charge in [-0.05, 0) is 61.7 Å². The van der Waals surface area contributed by atoms with Crippen molar-refractivity contribution in [3.05, 3.63) is 23.8 Å². The van der Waals surface area contributed by atoms with E-state index in [1.807, 2.05) is 6.92 Å². The van der Waals surface area contributed by atoms with Crippen molar-refractivity contribution in [3.8, 4) is 0 Å². The Hall–Kier alpha value is -0.953. The standard InChI is InChI=1S/C24H42O5Si/c1-19(22-27-17-18-28-22)11-10-14-24(5,20-12-16-26-21(20)25)13-8-9-15-29-30(6,7)23(2,3)4/h8,11,13,20,22H,9-10,12,14-18H2,1-7H3/b13-8+,19-11+/t20-,24+/m0/s1. The van der Waals surface area contributed by atoms with Crippen molar-refractivity contribution in [2.75, 3.05) is 26.4 Å². The van der Waals surface area contributed by atoms with Crippen LogP contribution in [0.15, 0.2) is 23.8 Å². The lowest BCUT2D eigenvalue weighted by atomic mass is 9.72. The second-order valence-electron chi connectivity index (χ2n) is 10.4. The number of esters is 1. The highest BCUT2D eigenvalue weighted by atomic mass is 28.4. The van der Waals surface area contributed by atoms with Gasteiger partial charge in [-0.25, -0.2) is 0 Å². The van der Waals surface area contributed by atoms with Crippen LogP contribution in [-0.4, -0.2) is 47.0 Å². The van der Waals surface area contributed by atoms with E-state index in [1.54, 1.807) is 0 Å². The van der Waals surface area contributed by atoms with Crippen LogP contribution in [0.3, 0.4) is 0 Å². The van der Waals surface area contributed by atoms with Crippen LogP contribution in [0.4, 0.5) is 0 Å². The van der Waals surface area contributed by atoms with E-state index >= 15 is 0 Å². The summed E-state index contributed by atoms with van der Waals surface area (Å²) in [4.78, 5) is 12.3. The fourth-order valence-electron chi connectivity index (χ4n) is 3.75. The minimum Gasteiger partial charge on any atom is -0.465 e. The molecule has 2 saturated heterocycles. The molecule has 5 nitrogen and oxygen atoms in total. The Morgan fingerprint density at radius 2 is 1.80 bits per heavy atom. The first-order chi connectivity index (χ1) is 14.0. The molecule has 0 aromatic heterocycles. The molecular weight excluding hydrogens is 396 g/mol. The maximum absolute atomic E-state index is 12.3. The topological polar surface area (TPSA) is 54.0 Å². The van der Waals surface area contributed by atoms with Crippen molar-refractivity contribution < 1.29 is 23.4 Å². The first-order valence-corrected chi connectivity index (χ1v) is 14.3. The van der Waals surface area contributed by atoms with Gasteiger partial charge >= 0.3 is 5.97 Å². The molecule has 2 fully saturated rings. The zero-order valence-electron chi connectivity index (χ0n) is 20.1. The summed E-state index contributed by atoms with van der Waals surface area (Å²) in [7, 11) is -1.72. The number of carbonyl (C=O) groups excluding carboxylic acids is 1. The second kappa shape index (κ2) is 10.6. The van der Waals surface area contributed by atoms with E-state index in [4.69, 9.17) is 18.6 Å². The monoisotopic (exact) mass is 438 g/mol. The number of carbonyl (C=O) groups is 1. The van der Waals surface area contributed by atoms with Crippen LogP contribution in [0.2, 0.25) is 18.1 Å². The number of rotatable bonds is 10. The molecule has 0 radical (unpaired) electrons. The van der Waals surface area contributed by atoms with Crippen LogP contribution in [0.5, 0.6) is 0 Å². The van der Waals surface area contributed by atoms with Gasteiger partial charge in [0.25, 0.3) is 0 Å². The molecule has 172 valence electrons. The van der Waals surface area contributed by atoms with Crippen LogP contribution in [0.25, 0.3) is 0 Å². The maximum atomic E-state index is 12.3. The average molecular weight is 439 g/mol. The van der Waals surface area contributed by atoms with E-state index < -0.39 is 8.32 Å². The van der Waals surface area contributed by atoms with E-state index in [-0.39, 0.29) is 28.6 Å². The molecule has 0 amide bonds. The number of hydrogen-bond acceptors (Lipinski definition) is 5. The molecular formula is C24H42O5Si. The van der Waals surface area contributed by atoms with Crippen LogP contribution in [0.1, 0.15) is 60.3 Å². The Labute approximate surface area is 184 Å². The number of ether oxygens (including phenoxy) is 3. The molecule has 0 spiro atoms. The summed E-state index contributed by atoms with van der Waals surface area (Å²) in [6, 6.07) is 0. The van der Waals surface area contributed by atoms with Crippen molar-refractivity contribution in [2.45, 2.75) is 84.7 Å².